The molecule has 3 amide bonds. The summed E-state index contributed by atoms with van der Waals surface area (Å²) in [6.45, 7) is 2.10. The Morgan fingerprint density at radius 2 is 2.12 bits per heavy atom. The smallest absolute Gasteiger partial charge is 0.328 e. The summed E-state index contributed by atoms with van der Waals surface area (Å²) in [5.41, 5.74) is 6.98. The summed E-state index contributed by atoms with van der Waals surface area (Å²) in [7, 11) is 0. The van der Waals surface area contributed by atoms with Gasteiger partial charge < -0.3 is 20.7 Å². The first kappa shape index (κ1) is 18.2. The van der Waals surface area contributed by atoms with Gasteiger partial charge in [0.25, 0.3) is 0 Å². The molecule has 2 aliphatic rings. The molecule has 26 heavy (non-hydrogen) atoms. The van der Waals surface area contributed by atoms with E-state index in [1.54, 1.807) is 13.0 Å². The number of nitrogens with zero attached hydrogens (tertiary/aromatic N) is 1. The quantitative estimate of drug-likeness (QED) is 0.795. The molecule has 1 aromatic rings. The molecule has 1 aromatic carbocycles. The molecule has 8 heteroatoms. The third-order valence-corrected chi connectivity index (χ3v) is 4.99. The van der Waals surface area contributed by atoms with E-state index in [0.29, 0.717) is 37.8 Å². The summed E-state index contributed by atoms with van der Waals surface area (Å²) >= 11 is 0. The fourth-order valence-electron chi connectivity index (χ4n) is 3.65. The van der Waals surface area contributed by atoms with E-state index in [4.69, 9.17) is 10.5 Å². The minimum atomic E-state index is -0.609. The molecule has 7 nitrogen and oxygen atoms in total. The van der Waals surface area contributed by atoms with E-state index in [9.17, 15) is 18.8 Å². The van der Waals surface area contributed by atoms with Gasteiger partial charge in [0.15, 0.2) is 0 Å². The van der Waals surface area contributed by atoms with Crippen molar-refractivity contribution in [3.63, 3.8) is 0 Å². The number of benzene rings is 1. The van der Waals surface area contributed by atoms with Crippen LogP contribution >= 0.6 is 0 Å². The van der Waals surface area contributed by atoms with Gasteiger partial charge in [0, 0.05) is 25.8 Å². The first-order valence-electron chi connectivity index (χ1n) is 8.67. The first-order chi connectivity index (χ1) is 12.3. The number of amides is 3. The highest BCUT2D eigenvalue weighted by Crippen LogP contribution is 2.34. The second kappa shape index (κ2) is 7.31. The van der Waals surface area contributed by atoms with Crippen LogP contribution in [0.4, 0.5) is 9.18 Å². The molecule has 2 fully saturated rings. The third-order valence-electron chi connectivity index (χ3n) is 4.99. The molecule has 2 heterocycles. The molecular weight excluding hydrogens is 341 g/mol. The van der Waals surface area contributed by atoms with Crippen molar-refractivity contribution in [2.75, 3.05) is 6.54 Å². The van der Waals surface area contributed by atoms with Crippen molar-refractivity contribution >= 4 is 17.9 Å². The number of likely N-dealkylation sites (tertiary alicyclic amines) is 1. The number of rotatable bonds is 3. The number of piperidine rings is 1. The number of ether oxygens (including phenoxy) is 1. The lowest BCUT2D eigenvalue weighted by Crippen LogP contribution is -2.47. The van der Waals surface area contributed by atoms with Crippen molar-refractivity contribution in [2.45, 2.75) is 50.8 Å². The Kier molecular flexibility index (Phi) is 5.11. The molecule has 0 aromatic heterocycles. The van der Waals surface area contributed by atoms with E-state index in [0.717, 1.165) is 5.56 Å². The average Bonchev–Trinajstić information content (AvgIpc) is 3.01. The maximum atomic E-state index is 13.4. The first-order valence-corrected chi connectivity index (χ1v) is 8.67. The number of hydrogen-bond donors (Lipinski definition) is 2. The van der Waals surface area contributed by atoms with Crippen LogP contribution in [-0.4, -0.2) is 41.5 Å². The highest BCUT2D eigenvalue weighted by atomic mass is 19.1. The van der Waals surface area contributed by atoms with Gasteiger partial charge in [-0.1, -0.05) is 6.07 Å². The largest absolute Gasteiger partial charge is 0.461 e. The van der Waals surface area contributed by atoms with Gasteiger partial charge in [-0.05, 0) is 36.6 Å². The number of carbonyl (C=O) groups excluding carboxylic acids is 3. The molecule has 0 saturated carbocycles. The number of aryl methyl sites for hydroxylation is 1. The van der Waals surface area contributed by atoms with Crippen LogP contribution in [0.2, 0.25) is 0 Å². The molecular formula is C18H22FN3O4. The number of hydrogen-bond acceptors (Lipinski definition) is 4. The Labute approximate surface area is 150 Å². The monoisotopic (exact) mass is 363 g/mol. The fourth-order valence-corrected chi connectivity index (χ4v) is 3.65. The lowest BCUT2D eigenvalue weighted by Gasteiger charge is -2.39. The molecule has 0 aliphatic carbocycles. The molecule has 2 aliphatic heterocycles. The summed E-state index contributed by atoms with van der Waals surface area (Å²) in [5, 5.41) is 2.59. The van der Waals surface area contributed by atoms with Crippen LogP contribution in [0.3, 0.4) is 0 Å². The molecule has 3 N–H and O–H groups in total. The Balaban J connectivity index is 1.74. The minimum absolute atomic E-state index is 0.157. The molecule has 3 rings (SSSR count). The van der Waals surface area contributed by atoms with Crippen LogP contribution in [0.25, 0.3) is 0 Å². The van der Waals surface area contributed by atoms with Crippen molar-refractivity contribution in [1.29, 1.82) is 0 Å². The molecule has 2 unspecified atom stereocenters. The van der Waals surface area contributed by atoms with Crippen molar-refractivity contribution in [2.24, 2.45) is 5.73 Å². The molecule has 140 valence electrons. The van der Waals surface area contributed by atoms with Gasteiger partial charge in [-0.3, -0.25) is 4.79 Å². The maximum absolute atomic E-state index is 13.4. The number of carbonyl (C=O) groups is 3. The topological polar surface area (TPSA) is 102 Å². The van der Waals surface area contributed by atoms with Gasteiger partial charge in [0.2, 0.25) is 5.91 Å². The highest BCUT2D eigenvalue weighted by Gasteiger charge is 2.36. The van der Waals surface area contributed by atoms with Crippen LogP contribution in [-0.2, 0) is 14.3 Å². The van der Waals surface area contributed by atoms with Crippen molar-refractivity contribution in [3.05, 3.63) is 35.1 Å². The number of halogens is 1. The van der Waals surface area contributed by atoms with Gasteiger partial charge in [-0.2, -0.15) is 0 Å². The number of esters is 1. The van der Waals surface area contributed by atoms with Gasteiger partial charge >= 0.3 is 12.0 Å². The highest BCUT2D eigenvalue weighted by molar-refractivity contribution is 5.88. The number of urea groups is 1. The van der Waals surface area contributed by atoms with Gasteiger partial charge in [0.05, 0.1) is 6.04 Å². The zero-order valence-corrected chi connectivity index (χ0v) is 14.5. The molecule has 0 spiro atoms. The lowest BCUT2D eigenvalue weighted by atomic mass is 9.90. The summed E-state index contributed by atoms with van der Waals surface area (Å²) in [6, 6.07) is 2.81. The Hall–Kier alpha value is -2.64. The fraction of sp³-hybridized carbons (Fsp3) is 0.500. The molecule has 0 bridgehead atoms. The zero-order valence-electron chi connectivity index (χ0n) is 14.5. The summed E-state index contributed by atoms with van der Waals surface area (Å²) < 4.78 is 19.0. The van der Waals surface area contributed by atoms with Crippen molar-refractivity contribution in [3.8, 4) is 0 Å². The zero-order chi connectivity index (χ0) is 18.8. The summed E-state index contributed by atoms with van der Waals surface area (Å²) in [4.78, 5) is 36.8. The van der Waals surface area contributed by atoms with Gasteiger partial charge in [-0.25, -0.2) is 14.0 Å². The van der Waals surface area contributed by atoms with E-state index >= 15 is 0 Å². The Morgan fingerprint density at radius 3 is 2.73 bits per heavy atom. The van der Waals surface area contributed by atoms with E-state index in [1.165, 1.54) is 17.0 Å². The van der Waals surface area contributed by atoms with Gasteiger partial charge in [-0.15, -0.1) is 0 Å². The average molecular weight is 363 g/mol. The molecule has 2 saturated heterocycles. The van der Waals surface area contributed by atoms with E-state index < -0.39 is 30.2 Å². The second-order valence-corrected chi connectivity index (χ2v) is 6.79. The number of primary amides is 1. The minimum Gasteiger partial charge on any atom is -0.461 e. The predicted molar refractivity (Wildman–Crippen MR) is 90.4 cm³/mol. The van der Waals surface area contributed by atoms with Crippen LogP contribution in [0.15, 0.2) is 18.2 Å². The summed E-state index contributed by atoms with van der Waals surface area (Å²) in [5.74, 6) is -0.967. The third kappa shape index (κ3) is 3.79. The van der Waals surface area contributed by atoms with Crippen molar-refractivity contribution < 1.29 is 23.5 Å². The maximum Gasteiger partial charge on any atom is 0.328 e. The normalized spacial score (nSPS) is 25.7. The molecule has 3 atom stereocenters. The Bertz CT molecular complexity index is 739. The number of nitrogens with two attached hydrogens (primary N) is 1. The van der Waals surface area contributed by atoms with Crippen LogP contribution < -0.4 is 11.1 Å². The Morgan fingerprint density at radius 1 is 1.35 bits per heavy atom. The van der Waals surface area contributed by atoms with Crippen LogP contribution in [0.5, 0.6) is 0 Å². The van der Waals surface area contributed by atoms with E-state index in [2.05, 4.69) is 5.32 Å². The van der Waals surface area contributed by atoms with Crippen molar-refractivity contribution in [1.82, 2.24) is 10.2 Å². The van der Waals surface area contributed by atoms with E-state index in [-0.39, 0.29) is 11.7 Å². The van der Waals surface area contributed by atoms with Gasteiger partial charge in [0.1, 0.15) is 18.0 Å². The number of nitrogens with one attached hydrogen (secondary N) is 1. The van der Waals surface area contributed by atoms with E-state index in [1.807, 2.05) is 0 Å². The standard InChI is InChI=1S/C18H22FN3O4/c1-10-8-11(19)2-3-13(10)15-9-12(6-7-22(15)18(20)25)26-17(24)14-4-5-16(23)21-14/h2-3,8,12,14-15H,4-7,9H2,1H3,(H2,20,25)(H,21,23)/t12?,14-,15?/m0/s1. The molecule has 0 radical (unpaired) electrons. The second-order valence-electron chi connectivity index (χ2n) is 6.79. The SMILES string of the molecule is Cc1cc(F)ccc1C1CC(OC(=O)[C@@H]2CCC(=O)N2)CCN1C(N)=O. The predicted octanol–water partition coefficient (Wildman–Crippen LogP) is 1.54. The summed E-state index contributed by atoms with van der Waals surface area (Å²) in [6.07, 6.45) is 1.19. The van der Waals surface area contributed by atoms with Crippen LogP contribution in [0, 0.1) is 12.7 Å². The van der Waals surface area contributed by atoms with Crippen LogP contribution in [0.1, 0.15) is 42.9 Å². The lowest BCUT2D eigenvalue weighted by molar-refractivity contribution is -0.154.